The number of halogens is 1. The molecule has 0 aliphatic carbocycles. The number of aromatic nitrogens is 2. The maximum absolute atomic E-state index is 12.6. The van der Waals surface area contributed by atoms with E-state index in [-0.39, 0.29) is 17.4 Å². The topological polar surface area (TPSA) is 84.0 Å². The van der Waals surface area contributed by atoms with Crippen molar-refractivity contribution in [2.45, 2.75) is 20.8 Å². The summed E-state index contributed by atoms with van der Waals surface area (Å²) in [4.78, 5) is 32.5. The first-order valence-corrected chi connectivity index (χ1v) is 9.01. The predicted octanol–water partition coefficient (Wildman–Crippen LogP) is 4.95. The number of Topliss-reactive ketones (excluding diaryl/α,β-unsaturated/α-hetero) is 1. The van der Waals surface area contributed by atoms with Gasteiger partial charge >= 0.3 is 0 Å². The van der Waals surface area contributed by atoms with E-state index in [1.807, 2.05) is 6.92 Å². The summed E-state index contributed by atoms with van der Waals surface area (Å²) in [5, 5.41) is 6.57. The molecule has 0 saturated heterocycles. The molecule has 0 atom stereocenters. The van der Waals surface area contributed by atoms with Gasteiger partial charge in [0, 0.05) is 28.0 Å². The third kappa shape index (κ3) is 4.72. The van der Waals surface area contributed by atoms with Crippen LogP contribution < -0.4 is 10.6 Å². The summed E-state index contributed by atoms with van der Waals surface area (Å²) in [7, 11) is 0. The van der Waals surface area contributed by atoms with Crippen LogP contribution in [0.2, 0.25) is 5.02 Å². The molecule has 1 heterocycles. The number of benzene rings is 2. The molecule has 0 fully saturated rings. The summed E-state index contributed by atoms with van der Waals surface area (Å²) in [6.07, 6.45) is 0. The molecule has 0 radical (unpaired) electrons. The molecule has 2 N–H and O–H groups in total. The lowest BCUT2D eigenvalue weighted by Crippen LogP contribution is -2.16. The second-order valence-corrected chi connectivity index (χ2v) is 6.79. The standard InChI is InChI=1S/C21H19ClN4O2/c1-12-10-16(22)6-9-18(12)26-21(28)19-11-20(24-14(3)23-19)25-17-7-4-15(5-8-17)13(2)27/h4-11H,1-3H3,(H,26,28)(H,23,24,25). The van der Waals surface area contributed by atoms with Gasteiger partial charge in [0.2, 0.25) is 0 Å². The van der Waals surface area contributed by atoms with Crippen LogP contribution in [0.4, 0.5) is 17.2 Å². The molecule has 3 aromatic rings. The summed E-state index contributed by atoms with van der Waals surface area (Å²) in [6.45, 7) is 5.10. The van der Waals surface area contributed by atoms with Crippen molar-refractivity contribution in [3.8, 4) is 0 Å². The van der Waals surface area contributed by atoms with Crippen molar-refractivity contribution >= 4 is 40.5 Å². The highest BCUT2D eigenvalue weighted by atomic mass is 35.5. The van der Waals surface area contributed by atoms with Gasteiger partial charge in [-0.3, -0.25) is 9.59 Å². The van der Waals surface area contributed by atoms with Gasteiger partial charge in [-0.25, -0.2) is 9.97 Å². The highest BCUT2D eigenvalue weighted by molar-refractivity contribution is 6.30. The lowest BCUT2D eigenvalue weighted by Gasteiger charge is -2.11. The number of amides is 1. The van der Waals surface area contributed by atoms with Gasteiger partial charge in [0.1, 0.15) is 17.3 Å². The number of hydrogen-bond donors (Lipinski definition) is 2. The second kappa shape index (κ2) is 8.19. The smallest absolute Gasteiger partial charge is 0.274 e. The summed E-state index contributed by atoms with van der Waals surface area (Å²) < 4.78 is 0. The second-order valence-electron chi connectivity index (χ2n) is 6.36. The number of nitrogens with zero attached hydrogens (tertiary/aromatic N) is 2. The van der Waals surface area contributed by atoms with Crippen LogP contribution in [0.1, 0.15) is 39.2 Å². The Morgan fingerprint density at radius 2 is 1.68 bits per heavy atom. The molecule has 3 rings (SSSR count). The highest BCUT2D eigenvalue weighted by Crippen LogP contribution is 2.21. The zero-order chi connectivity index (χ0) is 20.3. The number of carbonyl (C=O) groups is 2. The number of ketones is 1. The first kappa shape index (κ1) is 19.5. The van der Waals surface area contributed by atoms with Crippen molar-refractivity contribution in [2.75, 3.05) is 10.6 Å². The Labute approximate surface area is 168 Å². The van der Waals surface area contributed by atoms with E-state index in [0.717, 1.165) is 11.3 Å². The molecule has 2 aromatic carbocycles. The molecule has 28 heavy (non-hydrogen) atoms. The fourth-order valence-corrected chi connectivity index (χ4v) is 2.86. The van der Waals surface area contributed by atoms with Crippen LogP contribution in [0.3, 0.4) is 0 Å². The lowest BCUT2D eigenvalue weighted by molar-refractivity contribution is 0.101. The van der Waals surface area contributed by atoms with Crippen LogP contribution >= 0.6 is 11.6 Å². The van der Waals surface area contributed by atoms with Gasteiger partial charge < -0.3 is 10.6 Å². The number of rotatable bonds is 5. The molecule has 0 aliphatic heterocycles. The van der Waals surface area contributed by atoms with Gasteiger partial charge in [-0.1, -0.05) is 11.6 Å². The van der Waals surface area contributed by atoms with Crippen LogP contribution in [-0.4, -0.2) is 21.7 Å². The zero-order valence-corrected chi connectivity index (χ0v) is 16.5. The van der Waals surface area contributed by atoms with Gasteiger partial charge in [-0.15, -0.1) is 0 Å². The Kier molecular flexibility index (Phi) is 5.70. The normalized spacial score (nSPS) is 10.4. The van der Waals surface area contributed by atoms with Crippen molar-refractivity contribution in [3.05, 3.63) is 76.2 Å². The van der Waals surface area contributed by atoms with E-state index < -0.39 is 0 Å². The maximum Gasteiger partial charge on any atom is 0.274 e. The molecule has 0 unspecified atom stereocenters. The van der Waals surface area contributed by atoms with E-state index in [9.17, 15) is 9.59 Å². The first-order valence-electron chi connectivity index (χ1n) is 8.63. The minimum Gasteiger partial charge on any atom is -0.340 e. The van der Waals surface area contributed by atoms with Crippen LogP contribution in [0.25, 0.3) is 0 Å². The van der Waals surface area contributed by atoms with Crippen molar-refractivity contribution in [2.24, 2.45) is 0 Å². The van der Waals surface area contributed by atoms with Gasteiger partial charge in [0.25, 0.3) is 5.91 Å². The Hall–Kier alpha value is -3.25. The van der Waals surface area contributed by atoms with E-state index >= 15 is 0 Å². The Morgan fingerprint density at radius 3 is 2.32 bits per heavy atom. The Morgan fingerprint density at radius 1 is 0.964 bits per heavy atom. The largest absolute Gasteiger partial charge is 0.340 e. The van der Waals surface area contributed by atoms with E-state index in [2.05, 4.69) is 20.6 Å². The van der Waals surface area contributed by atoms with E-state index in [1.54, 1.807) is 55.5 Å². The maximum atomic E-state index is 12.6. The van der Waals surface area contributed by atoms with Crippen LogP contribution in [0, 0.1) is 13.8 Å². The Balaban J connectivity index is 1.80. The predicted molar refractivity (Wildman–Crippen MR) is 111 cm³/mol. The monoisotopic (exact) mass is 394 g/mol. The number of carbonyl (C=O) groups excluding carboxylic acids is 2. The number of nitrogens with one attached hydrogen (secondary N) is 2. The van der Waals surface area contributed by atoms with E-state index in [4.69, 9.17) is 11.6 Å². The molecule has 0 saturated carbocycles. The lowest BCUT2D eigenvalue weighted by atomic mass is 10.1. The van der Waals surface area contributed by atoms with Crippen molar-refractivity contribution in [1.29, 1.82) is 0 Å². The molecule has 1 aromatic heterocycles. The average Bonchev–Trinajstić information content (AvgIpc) is 2.64. The third-order valence-electron chi connectivity index (χ3n) is 4.07. The molecule has 0 spiro atoms. The van der Waals surface area contributed by atoms with Gasteiger partial charge in [-0.2, -0.15) is 0 Å². The molecule has 6 nitrogen and oxygen atoms in total. The van der Waals surface area contributed by atoms with Gasteiger partial charge in [-0.05, 0) is 68.8 Å². The molecule has 1 amide bonds. The van der Waals surface area contributed by atoms with Gasteiger partial charge in [0.05, 0.1) is 0 Å². The van der Waals surface area contributed by atoms with Crippen LogP contribution in [-0.2, 0) is 0 Å². The van der Waals surface area contributed by atoms with Crippen molar-refractivity contribution in [3.63, 3.8) is 0 Å². The summed E-state index contributed by atoms with van der Waals surface area (Å²) in [6, 6.07) is 13.8. The average molecular weight is 395 g/mol. The summed E-state index contributed by atoms with van der Waals surface area (Å²) >= 11 is 5.96. The van der Waals surface area contributed by atoms with Crippen molar-refractivity contribution in [1.82, 2.24) is 9.97 Å². The minimum atomic E-state index is -0.342. The number of hydrogen-bond acceptors (Lipinski definition) is 5. The van der Waals surface area contributed by atoms with E-state index in [0.29, 0.717) is 27.9 Å². The molecule has 0 aliphatic rings. The summed E-state index contributed by atoms with van der Waals surface area (Å²) in [5.41, 5.74) is 3.14. The summed E-state index contributed by atoms with van der Waals surface area (Å²) in [5.74, 6) is 0.608. The zero-order valence-electron chi connectivity index (χ0n) is 15.7. The van der Waals surface area contributed by atoms with Crippen LogP contribution in [0.15, 0.2) is 48.5 Å². The van der Waals surface area contributed by atoms with E-state index in [1.165, 1.54) is 6.92 Å². The quantitative estimate of drug-likeness (QED) is 0.598. The fourth-order valence-electron chi connectivity index (χ4n) is 2.64. The number of anilines is 3. The molecule has 0 bridgehead atoms. The van der Waals surface area contributed by atoms with Crippen LogP contribution in [0.5, 0.6) is 0 Å². The minimum absolute atomic E-state index is 0.000816. The molecular weight excluding hydrogens is 376 g/mol. The molecular formula is C21H19ClN4O2. The first-order chi connectivity index (χ1) is 13.3. The SMILES string of the molecule is CC(=O)c1ccc(Nc2cc(C(=O)Nc3ccc(Cl)cc3C)nc(C)n2)cc1. The van der Waals surface area contributed by atoms with Gasteiger partial charge in [0.15, 0.2) is 5.78 Å². The highest BCUT2D eigenvalue weighted by Gasteiger charge is 2.12. The molecule has 7 heteroatoms. The third-order valence-corrected chi connectivity index (χ3v) is 4.31. The van der Waals surface area contributed by atoms with Crippen molar-refractivity contribution < 1.29 is 9.59 Å². The number of aryl methyl sites for hydroxylation is 2. The molecule has 142 valence electrons. The Bertz CT molecular complexity index is 1050. The fraction of sp³-hybridized carbons (Fsp3) is 0.143.